The lowest BCUT2D eigenvalue weighted by atomic mass is 10.2. The average Bonchev–Trinajstić information content (AvgIpc) is 2.14. The highest BCUT2D eigenvalue weighted by Crippen LogP contribution is 2.23. The van der Waals surface area contributed by atoms with E-state index < -0.39 is 24.7 Å². The maximum atomic E-state index is 12.5. The van der Waals surface area contributed by atoms with Crippen LogP contribution in [0.2, 0.25) is 0 Å². The van der Waals surface area contributed by atoms with E-state index in [1.807, 2.05) is 0 Å². The summed E-state index contributed by atoms with van der Waals surface area (Å²) in [5.41, 5.74) is 5.06. The molecule has 0 heterocycles. The predicted octanol–water partition coefficient (Wildman–Crippen LogP) is -0.0561. The summed E-state index contributed by atoms with van der Waals surface area (Å²) >= 11 is 0. The van der Waals surface area contributed by atoms with Gasteiger partial charge in [-0.3, -0.25) is 9.69 Å². The Morgan fingerprint density at radius 1 is 1.53 bits per heavy atom. The van der Waals surface area contributed by atoms with E-state index in [1.54, 1.807) is 6.92 Å². The van der Waals surface area contributed by atoms with Crippen LogP contribution in [0.15, 0.2) is 0 Å². The summed E-state index contributed by atoms with van der Waals surface area (Å²) in [6.07, 6.45) is -4.40. The zero-order valence-corrected chi connectivity index (χ0v) is 8.77. The highest BCUT2D eigenvalue weighted by molar-refractivity contribution is 5.77. The van der Waals surface area contributed by atoms with Gasteiger partial charge in [0.25, 0.3) is 0 Å². The second-order valence-corrected chi connectivity index (χ2v) is 3.03. The minimum Gasteiger partial charge on any atom is -0.358 e. The average molecular weight is 227 g/mol. The fourth-order valence-corrected chi connectivity index (χ4v) is 1.20. The van der Waals surface area contributed by atoms with Gasteiger partial charge in [0, 0.05) is 13.6 Å². The second-order valence-electron chi connectivity index (χ2n) is 3.03. The van der Waals surface area contributed by atoms with Gasteiger partial charge in [-0.1, -0.05) is 6.92 Å². The van der Waals surface area contributed by atoms with E-state index in [1.165, 1.54) is 7.05 Å². The third kappa shape index (κ3) is 4.48. The van der Waals surface area contributed by atoms with Crippen LogP contribution >= 0.6 is 0 Å². The van der Waals surface area contributed by atoms with Crippen molar-refractivity contribution in [3.63, 3.8) is 0 Å². The van der Waals surface area contributed by atoms with Crippen molar-refractivity contribution < 1.29 is 18.0 Å². The Kier molecular flexibility index (Phi) is 5.59. The van der Waals surface area contributed by atoms with E-state index >= 15 is 0 Å². The second kappa shape index (κ2) is 5.92. The Morgan fingerprint density at radius 3 is 2.33 bits per heavy atom. The molecule has 0 aromatic heterocycles. The molecule has 0 saturated heterocycles. The van der Waals surface area contributed by atoms with Crippen molar-refractivity contribution in [2.45, 2.75) is 19.1 Å². The molecule has 4 nitrogen and oxygen atoms in total. The molecule has 0 radical (unpaired) electrons. The molecule has 0 fully saturated rings. The van der Waals surface area contributed by atoms with Crippen LogP contribution in [-0.4, -0.2) is 49.7 Å². The number of rotatable bonds is 5. The topological polar surface area (TPSA) is 58.4 Å². The monoisotopic (exact) mass is 227 g/mol. The standard InChI is InChI=1S/C8H16F3N3O/c1-3-14(5-7(15)13-2)6(4-12)8(9,10)11/h6H,3-5,12H2,1-2H3,(H,13,15). The van der Waals surface area contributed by atoms with Crippen LogP contribution in [0.25, 0.3) is 0 Å². The molecule has 3 N–H and O–H groups in total. The molecule has 0 aliphatic rings. The van der Waals surface area contributed by atoms with Crippen molar-refractivity contribution in [3.8, 4) is 0 Å². The summed E-state index contributed by atoms with van der Waals surface area (Å²) in [5, 5.41) is 2.27. The first-order chi connectivity index (χ1) is 6.86. The van der Waals surface area contributed by atoms with Crippen molar-refractivity contribution in [1.82, 2.24) is 10.2 Å². The van der Waals surface area contributed by atoms with Crippen LogP contribution in [0, 0.1) is 0 Å². The molecule has 0 bridgehead atoms. The highest BCUT2D eigenvalue weighted by Gasteiger charge is 2.42. The van der Waals surface area contributed by atoms with Crippen molar-refractivity contribution in [1.29, 1.82) is 0 Å². The fraction of sp³-hybridized carbons (Fsp3) is 0.875. The molecule has 90 valence electrons. The van der Waals surface area contributed by atoms with Crippen molar-refractivity contribution in [2.75, 3.05) is 26.7 Å². The summed E-state index contributed by atoms with van der Waals surface area (Å²) in [5.74, 6) is -0.459. The molecule has 0 spiro atoms. The van der Waals surface area contributed by atoms with E-state index in [2.05, 4.69) is 5.32 Å². The highest BCUT2D eigenvalue weighted by atomic mass is 19.4. The summed E-state index contributed by atoms with van der Waals surface area (Å²) in [6, 6.07) is -1.76. The minimum absolute atomic E-state index is 0.120. The van der Waals surface area contributed by atoms with E-state index in [4.69, 9.17) is 5.73 Å². The van der Waals surface area contributed by atoms with Gasteiger partial charge in [-0.2, -0.15) is 13.2 Å². The molecule has 15 heavy (non-hydrogen) atoms. The third-order valence-electron chi connectivity index (χ3n) is 2.07. The maximum Gasteiger partial charge on any atom is 0.405 e. The number of likely N-dealkylation sites (N-methyl/N-ethyl adjacent to an activating group) is 2. The van der Waals surface area contributed by atoms with E-state index in [0.717, 1.165) is 4.90 Å². The SMILES string of the molecule is CCN(CC(=O)NC)C(CN)C(F)(F)F. The molecular weight excluding hydrogens is 211 g/mol. The zero-order chi connectivity index (χ0) is 12.1. The van der Waals surface area contributed by atoms with Gasteiger partial charge in [-0.25, -0.2) is 0 Å². The Hall–Kier alpha value is -0.820. The van der Waals surface area contributed by atoms with Gasteiger partial charge < -0.3 is 11.1 Å². The predicted molar refractivity (Wildman–Crippen MR) is 50.2 cm³/mol. The lowest BCUT2D eigenvalue weighted by Gasteiger charge is -2.30. The number of amides is 1. The molecule has 7 heteroatoms. The lowest BCUT2D eigenvalue weighted by Crippen LogP contribution is -2.52. The largest absolute Gasteiger partial charge is 0.405 e. The summed E-state index contributed by atoms with van der Waals surface area (Å²) < 4.78 is 37.4. The van der Waals surface area contributed by atoms with Crippen LogP contribution in [0.1, 0.15) is 6.92 Å². The number of alkyl halides is 3. The van der Waals surface area contributed by atoms with Gasteiger partial charge in [0.2, 0.25) is 5.91 Å². The number of nitrogens with one attached hydrogen (secondary N) is 1. The molecule has 0 rings (SSSR count). The number of nitrogens with two attached hydrogens (primary N) is 1. The third-order valence-corrected chi connectivity index (χ3v) is 2.07. The van der Waals surface area contributed by atoms with Gasteiger partial charge in [0.1, 0.15) is 6.04 Å². The Labute approximate surface area is 86.6 Å². The van der Waals surface area contributed by atoms with Gasteiger partial charge >= 0.3 is 6.18 Å². The van der Waals surface area contributed by atoms with Crippen molar-refractivity contribution in [2.24, 2.45) is 5.73 Å². The van der Waals surface area contributed by atoms with Crippen molar-refractivity contribution in [3.05, 3.63) is 0 Å². The number of nitrogens with zero attached hydrogens (tertiary/aromatic N) is 1. The van der Waals surface area contributed by atoms with Crippen LogP contribution in [0.3, 0.4) is 0 Å². The van der Waals surface area contributed by atoms with Gasteiger partial charge in [0.05, 0.1) is 6.54 Å². The smallest absolute Gasteiger partial charge is 0.358 e. The molecule has 1 unspecified atom stereocenters. The van der Waals surface area contributed by atoms with E-state index in [0.29, 0.717) is 0 Å². The first-order valence-corrected chi connectivity index (χ1v) is 4.58. The van der Waals surface area contributed by atoms with Crippen molar-refractivity contribution >= 4 is 5.91 Å². The van der Waals surface area contributed by atoms with Crippen LogP contribution in [0.4, 0.5) is 13.2 Å². The first-order valence-electron chi connectivity index (χ1n) is 4.58. The molecule has 0 aliphatic carbocycles. The first kappa shape index (κ1) is 14.2. The molecule has 0 aliphatic heterocycles. The number of hydrogen-bond acceptors (Lipinski definition) is 3. The van der Waals surface area contributed by atoms with E-state index in [-0.39, 0.29) is 13.1 Å². The number of carbonyl (C=O) groups is 1. The van der Waals surface area contributed by atoms with E-state index in [9.17, 15) is 18.0 Å². The molecule has 1 atom stereocenters. The molecule has 0 aromatic rings. The molecular formula is C8H16F3N3O. The summed E-state index contributed by atoms with van der Waals surface area (Å²) in [6.45, 7) is 0.828. The van der Waals surface area contributed by atoms with Crippen LogP contribution in [-0.2, 0) is 4.79 Å². The quantitative estimate of drug-likeness (QED) is 0.692. The minimum atomic E-state index is -4.40. The molecule has 0 aromatic carbocycles. The summed E-state index contributed by atoms with van der Waals surface area (Å²) in [7, 11) is 1.38. The van der Waals surface area contributed by atoms with Gasteiger partial charge in [0.15, 0.2) is 0 Å². The number of halogens is 3. The fourth-order valence-electron chi connectivity index (χ4n) is 1.20. The van der Waals surface area contributed by atoms with Crippen LogP contribution in [0.5, 0.6) is 0 Å². The Morgan fingerprint density at radius 2 is 2.07 bits per heavy atom. The Bertz CT molecular complexity index is 208. The van der Waals surface area contributed by atoms with Gasteiger partial charge in [-0.05, 0) is 6.54 Å². The molecule has 1 amide bonds. The van der Waals surface area contributed by atoms with Gasteiger partial charge in [-0.15, -0.1) is 0 Å². The number of hydrogen-bond donors (Lipinski definition) is 2. The zero-order valence-electron chi connectivity index (χ0n) is 8.77. The maximum absolute atomic E-state index is 12.5. The lowest BCUT2D eigenvalue weighted by molar-refractivity contribution is -0.181. The molecule has 0 saturated carbocycles. The Balaban J connectivity index is 4.55. The number of carbonyl (C=O) groups excluding carboxylic acids is 1. The van der Waals surface area contributed by atoms with Crippen LogP contribution < -0.4 is 11.1 Å². The normalized spacial score (nSPS) is 14.1. The summed E-state index contributed by atoms with van der Waals surface area (Å²) in [4.78, 5) is 12.0.